The normalized spacial score (nSPS) is 10.5. The lowest BCUT2D eigenvalue weighted by Gasteiger charge is -2.23. The van der Waals surface area contributed by atoms with Crippen molar-refractivity contribution in [3.63, 3.8) is 0 Å². The molecule has 0 radical (unpaired) electrons. The molecule has 0 aromatic heterocycles. The molecule has 0 saturated carbocycles. The zero-order valence-electron chi connectivity index (χ0n) is 7.55. The molecule has 5 heteroatoms. The van der Waals surface area contributed by atoms with Gasteiger partial charge in [-0.3, -0.25) is 0 Å². The summed E-state index contributed by atoms with van der Waals surface area (Å²) in [5.74, 6) is 0.317. The van der Waals surface area contributed by atoms with E-state index in [1.54, 1.807) is 0 Å². The van der Waals surface area contributed by atoms with Gasteiger partial charge in [0.05, 0.1) is 0 Å². The first-order chi connectivity index (χ1) is 4.54. The number of alkyl halides is 1. The Kier molecular flexibility index (Phi) is 12.2. The molecule has 4 N–H and O–H groups in total. The van der Waals surface area contributed by atoms with E-state index in [1.807, 2.05) is 13.8 Å². The maximum atomic E-state index is 13.3. The zero-order chi connectivity index (χ0) is 8.20. The second-order valence-corrected chi connectivity index (χ2v) is 3.16. The molecule has 0 aliphatic carbocycles. The summed E-state index contributed by atoms with van der Waals surface area (Å²) in [5.41, 5.74) is 9.08. The average Bonchev–Trinajstić information content (AvgIpc) is 1.87. The Morgan fingerprint density at radius 1 is 1.17 bits per heavy atom. The van der Waals surface area contributed by atoms with Gasteiger partial charge in [-0.05, 0) is 12.3 Å². The van der Waals surface area contributed by atoms with Gasteiger partial charge >= 0.3 is 0 Å². The van der Waals surface area contributed by atoms with Crippen LogP contribution >= 0.6 is 24.8 Å². The Labute approximate surface area is 86.1 Å². The third-order valence-corrected chi connectivity index (χ3v) is 1.51. The van der Waals surface area contributed by atoms with Gasteiger partial charge in [0.25, 0.3) is 0 Å². The van der Waals surface area contributed by atoms with Crippen LogP contribution in [0.4, 0.5) is 4.39 Å². The highest BCUT2D eigenvalue weighted by atomic mass is 35.5. The summed E-state index contributed by atoms with van der Waals surface area (Å²) in [6, 6.07) is 0. The van der Waals surface area contributed by atoms with E-state index in [4.69, 9.17) is 11.5 Å². The lowest BCUT2D eigenvalue weighted by Crippen LogP contribution is -2.41. The van der Waals surface area contributed by atoms with E-state index < -0.39 is 5.67 Å². The van der Waals surface area contributed by atoms with Gasteiger partial charge in [-0.25, -0.2) is 4.39 Å². The van der Waals surface area contributed by atoms with E-state index >= 15 is 0 Å². The standard InChI is InChI=1S/C7H17FN2.2ClH/c1-6(2)3-7(8,4-9)5-10;;/h6H,3-5,9-10H2,1-2H3;2*1H. The van der Waals surface area contributed by atoms with Gasteiger partial charge < -0.3 is 11.5 Å². The van der Waals surface area contributed by atoms with Crippen molar-refractivity contribution in [2.45, 2.75) is 25.9 Å². The van der Waals surface area contributed by atoms with Crippen LogP contribution < -0.4 is 11.5 Å². The van der Waals surface area contributed by atoms with Crippen molar-refractivity contribution in [2.24, 2.45) is 17.4 Å². The van der Waals surface area contributed by atoms with Crippen LogP contribution in [0.5, 0.6) is 0 Å². The van der Waals surface area contributed by atoms with Crippen LogP contribution in [0.25, 0.3) is 0 Å². The van der Waals surface area contributed by atoms with Crippen LogP contribution in [0.3, 0.4) is 0 Å². The van der Waals surface area contributed by atoms with Gasteiger partial charge in [-0.1, -0.05) is 13.8 Å². The number of hydrogen-bond donors (Lipinski definition) is 2. The van der Waals surface area contributed by atoms with Crippen LogP contribution in [0.2, 0.25) is 0 Å². The lowest BCUT2D eigenvalue weighted by molar-refractivity contribution is 0.149. The third kappa shape index (κ3) is 7.10. The van der Waals surface area contributed by atoms with Crippen LogP contribution in [0.15, 0.2) is 0 Å². The van der Waals surface area contributed by atoms with E-state index in [1.165, 1.54) is 0 Å². The Morgan fingerprint density at radius 3 is 1.58 bits per heavy atom. The van der Waals surface area contributed by atoms with E-state index in [0.717, 1.165) is 0 Å². The molecule has 78 valence electrons. The number of nitrogens with two attached hydrogens (primary N) is 2. The SMILES string of the molecule is CC(C)CC(F)(CN)CN.Cl.Cl. The zero-order valence-corrected chi connectivity index (χ0v) is 9.18. The molecule has 0 saturated heterocycles. The highest BCUT2D eigenvalue weighted by molar-refractivity contribution is 5.85. The quantitative estimate of drug-likeness (QED) is 0.755. The summed E-state index contributed by atoms with van der Waals surface area (Å²) in [6.07, 6.45) is 0.458. The Hall–Kier alpha value is 0.430. The fourth-order valence-electron chi connectivity index (χ4n) is 0.982. The summed E-state index contributed by atoms with van der Waals surface area (Å²) >= 11 is 0. The molecule has 0 bridgehead atoms. The molecule has 0 amide bonds. The molecule has 0 fully saturated rings. The molecule has 0 spiro atoms. The minimum Gasteiger partial charge on any atom is -0.327 e. The molecule has 2 nitrogen and oxygen atoms in total. The fraction of sp³-hybridized carbons (Fsp3) is 1.00. The largest absolute Gasteiger partial charge is 0.327 e. The molecule has 0 aliphatic rings. The summed E-state index contributed by atoms with van der Waals surface area (Å²) in [7, 11) is 0. The van der Waals surface area contributed by atoms with Gasteiger partial charge in [0.15, 0.2) is 0 Å². The first kappa shape index (κ1) is 18.3. The van der Waals surface area contributed by atoms with Crippen LogP contribution in [0, 0.1) is 5.92 Å². The number of halogens is 3. The van der Waals surface area contributed by atoms with Gasteiger partial charge in [0.1, 0.15) is 5.67 Å². The first-order valence-corrected chi connectivity index (χ1v) is 3.63. The Bertz CT molecular complexity index is 97.4. The molecule has 0 unspecified atom stereocenters. The lowest BCUT2D eigenvalue weighted by atomic mass is 9.94. The van der Waals surface area contributed by atoms with Crippen molar-refractivity contribution >= 4 is 24.8 Å². The van der Waals surface area contributed by atoms with Crippen LogP contribution in [-0.2, 0) is 0 Å². The fourth-order valence-corrected chi connectivity index (χ4v) is 0.982. The van der Waals surface area contributed by atoms with Crippen LogP contribution in [-0.4, -0.2) is 18.8 Å². The maximum Gasteiger partial charge on any atom is 0.135 e. The van der Waals surface area contributed by atoms with E-state index in [0.29, 0.717) is 12.3 Å². The number of rotatable bonds is 4. The van der Waals surface area contributed by atoms with Crippen molar-refractivity contribution in [1.29, 1.82) is 0 Å². The maximum absolute atomic E-state index is 13.3. The van der Waals surface area contributed by atoms with Crippen molar-refractivity contribution in [3.8, 4) is 0 Å². The van der Waals surface area contributed by atoms with Gasteiger partial charge in [-0.15, -0.1) is 24.8 Å². The van der Waals surface area contributed by atoms with E-state index in [2.05, 4.69) is 0 Å². The molecular formula is C7H19Cl2FN2. The monoisotopic (exact) mass is 220 g/mol. The molecule has 0 aromatic rings. The highest BCUT2D eigenvalue weighted by Crippen LogP contribution is 2.18. The minimum absolute atomic E-state index is 0. The van der Waals surface area contributed by atoms with Crippen molar-refractivity contribution < 1.29 is 4.39 Å². The second kappa shape index (κ2) is 8.05. The van der Waals surface area contributed by atoms with Gasteiger partial charge in [-0.2, -0.15) is 0 Å². The summed E-state index contributed by atoms with van der Waals surface area (Å²) in [4.78, 5) is 0. The van der Waals surface area contributed by atoms with Crippen LogP contribution in [0.1, 0.15) is 20.3 Å². The van der Waals surface area contributed by atoms with Gasteiger partial charge in [0.2, 0.25) is 0 Å². The Balaban J connectivity index is -0.000000405. The van der Waals surface area contributed by atoms with E-state index in [9.17, 15) is 4.39 Å². The topological polar surface area (TPSA) is 52.0 Å². The number of hydrogen-bond acceptors (Lipinski definition) is 2. The molecule has 0 aromatic carbocycles. The van der Waals surface area contributed by atoms with Gasteiger partial charge in [0, 0.05) is 13.1 Å². The smallest absolute Gasteiger partial charge is 0.135 e. The molecule has 0 atom stereocenters. The first-order valence-electron chi connectivity index (χ1n) is 3.63. The molecule has 0 aliphatic heterocycles. The molecular weight excluding hydrogens is 202 g/mol. The average molecular weight is 221 g/mol. The van der Waals surface area contributed by atoms with Crippen molar-refractivity contribution in [1.82, 2.24) is 0 Å². The predicted molar refractivity (Wildman–Crippen MR) is 55.9 cm³/mol. The summed E-state index contributed by atoms with van der Waals surface area (Å²) in [5, 5.41) is 0. The minimum atomic E-state index is -1.34. The predicted octanol–water partition coefficient (Wildman–Crippen LogP) is 1.50. The third-order valence-electron chi connectivity index (χ3n) is 1.51. The highest BCUT2D eigenvalue weighted by Gasteiger charge is 2.26. The van der Waals surface area contributed by atoms with Crippen molar-refractivity contribution in [2.75, 3.05) is 13.1 Å². The molecule has 0 rings (SSSR count). The molecule has 12 heavy (non-hydrogen) atoms. The molecule has 0 heterocycles. The summed E-state index contributed by atoms with van der Waals surface area (Å²) in [6.45, 7) is 3.97. The summed E-state index contributed by atoms with van der Waals surface area (Å²) < 4.78 is 13.3. The van der Waals surface area contributed by atoms with Crippen molar-refractivity contribution in [3.05, 3.63) is 0 Å². The second-order valence-electron chi connectivity index (χ2n) is 3.16. The Morgan fingerprint density at radius 2 is 1.50 bits per heavy atom. The van der Waals surface area contributed by atoms with E-state index in [-0.39, 0.29) is 37.9 Å².